The summed E-state index contributed by atoms with van der Waals surface area (Å²) in [6.45, 7) is 1.81. The molecular weight excluding hydrogens is 263 g/mol. The Morgan fingerprint density at radius 1 is 1.50 bits per heavy atom. The largest absolute Gasteiger partial charge is 0.399 e. The molecule has 1 heterocycles. The van der Waals surface area contributed by atoms with Gasteiger partial charge in [-0.25, -0.2) is 9.18 Å². The molecule has 0 aliphatic carbocycles. The van der Waals surface area contributed by atoms with Gasteiger partial charge in [0.1, 0.15) is 5.82 Å². The summed E-state index contributed by atoms with van der Waals surface area (Å²) < 4.78 is 13.4. The van der Waals surface area contributed by atoms with E-state index in [1.807, 2.05) is 0 Å². The zero-order valence-electron chi connectivity index (χ0n) is 11.0. The van der Waals surface area contributed by atoms with Gasteiger partial charge in [0.2, 0.25) is 5.91 Å². The molecule has 0 saturated carbocycles. The Morgan fingerprint density at radius 3 is 3.00 bits per heavy atom. The van der Waals surface area contributed by atoms with Crippen LogP contribution in [0.1, 0.15) is 12.8 Å². The molecule has 0 atom stereocenters. The lowest BCUT2D eigenvalue weighted by Crippen LogP contribution is -2.29. The minimum atomic E-state index is -0.522. The molecule has 6 nitrogen and oxygen atoms in total. The lowest BCUT2D eigenvalue weighted by molar-refractivity contribution is -0.116. The summed E-state index contributed by atoms with van der Waals surface area (Å²) in [5.41, 5.74) is 5.99. The van der Waals surface area contributed by atoms with Gasteiger partial charge >= 0.3 is 6.03 Å². The van der Waals surface area contributed by atoms with Crippen molar-refractivity contribution in [2.24, 2.45) is 0 Å². The van der Waals surface area contributed by atoms with Crippen LogP contribution >= 0.6 is 0 Å². The molecule has 3 amide bonds. The summed E-state index contributed by atoms with van der Waals surface area (Å²) in [7, 11) is 0. The van der Waals surface area contributed by atoms with E-state index in [0.29, 0.717) is 31.7 Å². The van der Waals surface area contributed by atoms with Crippen molar-refractivity contribution in [1.82, 2.24) is 10.2 Å². The molecule has 1 fully saturated rings. The summed E-state index contributed by atoms with van der Waals surface area (Å²) in [5, 5.41) is 5.16. The maximum atomic E-state index is 13.4. The van der Waals surface area contributed by atoms with Crippen LogP contribution in [-0.2, 0) is 4.79 Å². The second-order valence-corrected chi connectivity index (χ2v) is 4.61. The molecule has 4 N–H and O–H groups in total. The number of carbonyl (C=O) groups excluding carboxylic acids is 2. The lowest BCUT2D eigenvalue weighted by atomic mass is 10.2. The van der Waals surface area contributed by atoms with E-state index in [1.54, 1.807) is 4.90 Å². The van der Waals surface area contributed by atoms with Crippen molar-refractivity contribution in [2.75, 3.05) is 30.7 Å². The van der Waals surface area contributed by atoms with Gasteiger partial charge in [-0.15, -0.1) is 0 Å². The first-order chi connectivity index (χ1) is 9.56. The summed E-state index contributed by atoms with van der Waals surface area (Å²) >= 11 is 0. The minimum Gasteiger partial charge on any atom is -0.399 e. The Morgan fingerprint density at radius 2 is 2.30 bits per heavy atom. The fourth-order valence-electron chi connectivity index (χ4n) is 2.01. The molecule has 1 aromatic rings. The number of nitrogens with two attached hydrogens (primary N) is 1. The highest BCUT2D eigenvalue weighted by Gasteiger charge is 2.18. The molecule has 0 spiro atoms. The van der Waals surface area contributed by atoms with Crippen molar-refractivity contribution in [3.63, 3.8) is 0 Å². The lowest BCUT2D eigenvalue weighted by Gasteiger charge is -2.13. The molecule has 2 rings (SSSR count). The first-order valence-electron chi connectivity index (χ1n) is 6.44. The van der Waals surface area contributed by atoms with Crippen LogP contribution in [0.3, 0.4) is 0 Å². The highest BCUT2D eigenvalue weighted by Crippen LogP contribution is 2.17. The number of anilines is 2. The first kappa shape index (κ1) is 14.1. The predicted molar refractivity (Wildman–Crippen MR) is 73.6 cm³/mol. The average molecular weight is 280 g/mol. The number of amides is 3. The quantitative estimate of drug-likeness (QED) is 0.707. The van der Waals surface area contributed by atoms with Crippen LogP contribution in [0, 0.1) is 5.82 Å². The smallest absolute Gasteiger partial charge is 0.317 e. The summed E-state index contributed by atoms with van der Waals surface area (Å²) in [6, 6.07) is 3.91. The zero-order chi connectivity index (χ0) is 14.5. The molecule has 1 aliphatic rings. The molecule has 1 aliphatic heterocycles. The SMILES string of the molecule is Nc1ccc(F)c(NC(=O)CCCN2CCNC2=O)c1. The molecule has 1 aromatic carbocycles. The Bertz CT molecular complexity index is 521. The van der Waals surface area contributed by atoms with E-state index in [4.69, 9.17) is 5.73 Å². The Labute approximate surface area is 116 Å². The van der Waals surface area contributed by atoms with Gasteiger partial charge in [-0.1, -0.05) is 0 Å². The minimum absolute atomic E-state index is 0.0777. The number of nitrogen functional groups attached to an aromatic ring is 1. The van der Waals surface area contributed by atoms with E-state index in [2.05, 4.69) is 10.6 Å². The predicted octanol–water partition coefficient (Wildman–Crippen LogP) is 1.15. The van der Waals surface area contributed by atoms with Crippen molar-refractivity contribution in [3.05, 3.63) is 24.0 Å². The molecular formula is C13H17FN4O2. The number of carbonyl (C=O) groups is 2. The van der Waals surface area contributed by atoms with E-state index in [-0.39, 0.29) is 24.0 Å². The van der Waals surface area contributed by atoms with Crippen LogP contribution in [-0.4, -0.2) is 36.5 Å². The number of benzene rings is 1. The van der Waals surface area contributed by atoms with E-state index in [0.717, 1.165) is 0 Å². The number of rotatable bonds is 5. The number of nitrogens with one attached hydrogen (secondary N) is 2. The standard InChI is InChI=1S/C13H17FN4O2/c14-10-4-3-9(15)8-11(10)17-12(19)2-1-6-18-7-5-16-13(18)20/h3-4,8H,1-2,5-7,15H2,(H,16,20)(H,17,19). The molecule has 0 radical (unpaired) electrons. The van der Waals surface area contributed by atoms with E-state index < -0.39 is 5.82 Å². The molecule has 0 unspecified atom stereocenters. The van der Waals surface area contributed by atoms with Gasteiger partial charge in [0.25, 0.3) is 0 Å². The van der Waals surface area contributed by atoms with Gasteiger partial charge < -0.3 is 21.3 Å². The number of nitrogens with zero attached hydrogens (tertiary/aromatic N) is 1. The summed E-state index contributed by atoms with van der Waals surface area (Å²) in [5.74, 6) is -0.819. The monoisotopic (exact) mass is 280 g/mol. The van der Waals surface area contributed by atoms with Gasteiger partial charge in [0.15, 0.2) is 0 Å². The van der Waals surface area contributed by atoms with Crippen molar-refractivity contribution in [2.45, 2.75) is 12.8 Å². The Balaban J connectivity index is 1.77. The van der Waals surface area contributed by atoms with Gasteiger partial charge in [0, 0.05) is 31.7 Å². The van der Waals surface area contributed by atoms with Gasteiger partial charge in [-0.05, 0) is 24.6 Å². The maximum absolute atomic E-state index is 13.4. The highest BCUT2D eigenvalue weighted by molar-refractivity contribution is 5.91. The zero-order valence-corrected chi connectivity index (χ0v) is 11.0. The topological polar surface area (TPSA) is 87.5 Å². The van der Waals surface area contributed by atoms with Crippen LogP contribution in [0.4, 0.5) is 20.6 Å². The van der Waals surface area contributed by atoms with Gasteiger partial charge in [-0.2, -0.15) is 0 Å². The van der Waals surface area contributed by atoms with Crippen LogP contribution in [0.15, 0.2) is 18.2 Å². The molecule has 1 saturated heterocycles. The van der Waals surface area contributed by atoms with Crippen LogP contribution in [0.2, 0.25) is 0 Å². The second kappa shape index (κ2) is 6.23. The molecule has 0 bridgehead atoms. The second-order valence-electron chi connectivity index (χ2n) is 4.61. The summed E-state index contributed by atoms with van der Waals surface area (Å²) in [6.07, 6.45) is 0.751. The van der Waals surface area contributed by atoms with Gasteiger partial charge in [-0.3, -0.25) is 4.79 Å². The highest BCUT2D eigenvalue weighted by atomic mass is 19.1. The molecule has 0 aromatic heterocycles. The third-order valence-electron chi connectivity index (χ3n) is 3.04. The maximum Gasteiger partial charge on any atom is 0.317 e. The molecule has 20 heavy (non-hydrogen) atoms. The van der Waals surface area contributed by atoms with Crippen LogP contribution in [0.5, 0.6) is 0 Å². The Hall–Kier alpha value is -2.31. The molecule has 108 valence electrons. The number of halogens is 1. The summed E-state index contributed by atoms with van der Waals surface area (Å²) in [4.78, 5) is 24.6. The number of urea groups is 1. The Kier molecular flexibility index (Phi) is 4.39. The fraction of sp³-hybridized carbons (Fsp3) is 0.385. The molecule has 7 heteroatoms. The van der Waals surface area contributed by atoms with Crippen molar-refractivity contribution < 1.29 is 14.0 Å². The fourth-order valence-corrected chi connectivity index (χ4v) is 2.01. The number of hydrogen-bond donors (Lipinski definition) is 3. The van der Waals surface area contributed by atoms with Crippen molar-refractivity contribution in [3.8, 4) is 0 Å². The first-order valence-corrected chi connectivity index (χ1v) is 6.44. The van der Waals surface area contributed by atoms with Crippen LogP contribution < -0.4 is 16.4 Å². The van der Waals surface area contributed by atoms with E-state index in [9.17, 15) is 14.0 Å². The van der Waals surface area contributed by atoms with E-state index >= 15 is 0 Å². The average Bonchev–Trinajstić information content (AvgIpc) is 2.80. The van der Waals surface area contributed by atoms with Crippen LogP contribution in [0.25, 0.3) is 0 Å². The third-order valence-corrected chi connectivity index (χ3v) is 3.04. The number of hydrogen-bond acceptors (Lipinski definition) is 3. The van der Waals surface area contributed by atoms with Crippen molar-refractivity contribution in [1.29, 1.82) is 0 Å². The van der Waals surface area contributed by atoms with E-state index in [1.165, 1.54) is 18.2 Å². The normalized spacial score (nSPS) is 14.2. The van der Waals surface area contributed by atoms with Crippen molar-refractivity contribution >= 4 is 23.3 Å². The third kappa shape index (κ3) is 3.59. The van der Waals surface area contributed by atoms with Gasteiger partial charge in [0.05, 0.1) is 5.69 Å².